The topological polar surface area (TPSA) is 113 Å². The molecule has 0 radical (unpaired) electrons. The largest absolute Gasteiger partial charge is 0.465 e. The molecule has 3 aliphatic rings. The predicted molar refractivity (Wildman–Crippen MR) is 161 cm³/mol. The van der Waals surface area contributed by atoms with E-state index in [1.54, 1.807) is 42.5 Å². The van der Waals surface area contributed by atoms with Gasteiger partial charge in [-0.15, -0.1) is 0 Å². The first-order valence-corrected chi connectivity index (χ1v) is 14.7. The molecule has 3 N–H and O–H groups in total. The number of hydrogen-bond acceptors (Lipinski definition) is 5. The summed E-state index contributed by atoms with van der Waals surface area (Å²) < 4.78 is 15.3. The molecule has 1 saturated heterocycles. The van der Waals surface area contributed by atoms with Crippen molar-refractivity contribution >= 4 is 46.3 Å². The van der Waals surface area contributed by atoms with Gasteiger partial charge in [0, 0.05) is 47.9 Å². The highest BCUT2D eigenvalue weighted by atomic mass is 35.5. The number of hydrogen-bond donors (Lipinski definition) is 3. The van der Waals surface area contributed by atoms with E-state index in [0.717, 1.165) is 43.7 Å². The molecule has 220 valence electrons. The van der Waals surface area contributed by atoms with Gasteiger partial charge in [0.2, 0.25) is 5.95 Å². The van der Waals surface area contributed by atoms with Crippen molar-refractivity contribution < 1.29 is 24.2 Å². The van der Waals surface area contributed by atoms with Crippen molar-refractivity contribution in [3.05, 3.63) is 100.0 Å². The number of nitrogens with zero attached hydrogens (tertiary/aromatic N) is 4. The highest BCUT2D eigenvalue weighted by molar-refractivity contribution is 6.31. The predicted octanol–water partition coefficient (Wildman–Crippen LogP) is 6.08. The first-order chi connectivity index (χ1) is 20.8. The molecule has 4 heterocycles. The fourth-order valence-corrected chi connectivity index (χ4v) is 6.90. The third kappa shape index (κ3) is 4.35. The molecule has 1 aromatic heterocycles. The maximum Gasteiger partial charge on any atom is 0.414 e. The number of carboxylic acid groups (broad SMARTS) is 1. The number of H-pyrrole nitrogens is 1. The lowest BCUT2D eigenvalue weighted by Crippen LogP contribution is -2.45. The monoisotopic (exact) mass is 601 g/mol. The normalized spacial score (nSPS) is 21.5. The summed E-state index contributed by atoms with van der Waals surface area (Å²) in [6.07, 6.45) is 5.11. The van der Waals surface area contributed by atoms with Crippen molar-refractivity contribution in [3.63, 3.8) is 0 Å². The van der Waals surface area contributed by atoms with Gasteiger partial charge in [0.05, 0.1) is 21.7 Å². The van der Waals surface area contributed by atoms with Gasteiger partial charge in [-0.25, -0.2) is 19.1 Å². The first-order valence-electron chi connectivity index (χ1n) is 14.3. The van der Waals surface area contributed by atoms with Crippen molar-refractivity contribution in [3.8, 4) is 0 Å². The van der Waals surface area contributed by atoms with Gasteiger partial charge in [0.25, 0.3) is 5.91 Å². The Bertz CT molecular complexity index is 1810. The number of nitrogens with one attached hydrogen (secondary N) is 1. The van der Waals surface area contributed by atoms with E-state index in [1.165, 1.54) is 28.8 Å². The van der Waals surface area contributed by atoms with Crippen LogP contribution in [0.2, 0.25) is 5.02 Å². The smallest absolute Gasteiger partial charge is 0.414 e. The molecule has 2 atom stereocenters. The quantitative estimate of drug-likeness (QED) is 0.255. The third-order valence-electron chi connectivity index (χ3n) is 8.74. The number of aromatic nitrogens is 2. The number of anilines is 2. The maximum atomic E-state index is 15.3. The maximum absolute atomic E-state index is 15.3. The van der Waals surface area contributed by atoms with Crippen molar-refractivity contribution in [2.75, 3.05) is 29.4 Å². The van der Waals surface area contributed by atoms with Gasteiger partial charge in [-0.1, -0.05) is 48.0 Å². The Labute approximate surface area is 251 Å². The second-order valence-electron chi connectivity index (χ2n) is 11.2. The van der Waals surface area contributed by atoms with Crippen molar-refractivity contribution in [1.82, 2.24) is 14.9 Å². The summed E-state index contributed by atoms with van der Waals surface area (Å²) in [6.45, 7) is 2.25. The van der Waals surface area contributed by atoms with Crippen molar-refractivity contribution in [2.45, 2.75) is 31.4 Å². The lowest BCUT2D eigenvalue weighted by molar-refractivity contribution is 0.0699. The lowest BCUT2D eigenvalue weighted by Gasteiger charge is -2.40. The second-order valence-corrected chi connectivity index (χ2v) is 11.6. The average Bonchev–Trinajstić information content (AvgIpc) is 3.54. The Balaban J connectivity index is 1.29. The van der Waals surface area contributed by atoms with E-state index in [1.807, 2.05) is 0 Å². The van der Waals surface area contributed by atoms with Crippen molar-refractivity contribution in [1.29, 1.82) is 0 Å². The number of halogens is 2. The number of imidazole rings is 1. The highest BCUT2D eigenvalue weighted by Crippen LogP contribution is 2.46. The molecule has 0 spiro atoms. The summed E-state index contributed by atoms with van der Waals surface area (Å²) in [7, 11) is 0. The Hall–Kier alpha value is -4.41. The summed E-state index contributed by atoms with van der Waals surface area (Å²) >= 11 is 6.07. The Morgan fingerprint density at radius 2 is 1.95 bits per heavy atom. The number of aromatic amines is 1. The third-order valence-corrected chi connectivity index (χ3v) is 9.03. The van der Waals surface area contributed by atoms with Gasteiger partial charge in [0.15, 0.2) is 11.5 Å². The van der Waals surface area contributed by atoms with Crippen LogP contribution in [0.1, 0.15) is 47.2 Å². The minimum Gasteiger partial charge on any atom is -0.465 e. The molecule has 43 heavy (non-hydrogen) atoms. The molecular formula is C32H29ClFN5O4. The van der Waals surface area contributed by atoms with Crippen LogP contribution in [0, 0.1) is 11.7 Å². The Kier molecular flexibility index (Phi) is 6.63. The fraction of sp³-hybridized carbons (Fsp3) is 0.281. The van der Waals surface area contributed by atoms with Gasteiger partial charge >= 0.3 is 6.09 Å². The number of amides is 2. The molecular weight excluding hydrogens is 573 g/mol. The first kappa shape index (κ1) is 27.4. The molecule has 3 aromatic carbocycles. The summed E-state index contributed by atoms with van der Waals surface area (Å²) in [4.78, 5) is 38.4. The molecule has 0 aliphatic carbocycles. The zero-order valence-corrected chi connectivity index (χ0v) is 23.9. The number of piperidine rings is 1. The highest BCUT2D eigenvalue weighted by Gasteiger charge is 2.51. The molecule has 3 aliphatic heterocycles. The number of fused-ring (bicyclic) bond motifs is 3. The van der Waals surface area contributed by atoms with Crippen LogP contribution in [0.3, 0.4) is 0 Å². The second kappa shape index (κ2) is 10.4. The zero-order valence-electron chi connectivity index (χ0n) is 23.1. The van der Waals surface area contributed by atoms with Crippen LogP contribution >= 0.6 is 11.6 Å². The van der Waals surface area contributed by atoms with E-state index < -0.39 is 23.5 Å². The number of carbonyl (C=O) groups excluding carboxylic acids is 1. The van der Waals surface area contributed by atoms with Crippen LogP contribution in [0.25, 0.3) is 11.0 Å². The SMILES string of the molecule is O=C(O)N(CC1CCCN2CCCC=C12)c1nc2ccc(C3(O)c4ccccc4C(=O)N3c3cccc(Cl)c3F)cc2[nH]1. The molecule has 0 saturated carbocycles. The number of aliphatic hydroxyl groups is 1. The fourth-order valence-electron chi connectivity index (χ4n) is 6.73. The number of benzene rings is 3. The summed E-state index contributed by atoms with van der Waals surface area (Å²) in [5, 5.41) is 22.4. The summed E-state index contributed by atoms with van der Waals surface area (Å²) in [6, 6.07) is 15.7. The standard InChI is InChI=1S/C32H29ClFN5O4/c33-23-10-5-12-27(28(23)34)39-29(40)21-8-1-2-9-22(21)32(39,43)20-13-14-24-25(17-20)36-30(35-24)38(31(41)42)18-19-7-6-16-37-15-4-3-11-26(19)37/h1-2,5,8-14,17,19,43H,3-4,6-7,15-16,18H2,(H,35,36)(H,41,42). The summed E-state index contributed by atoms with van der Waals surface area (Å²) in [5.41, 5.74) is 0.680. The van der Waals surface area contributed by atoms with Gasteiger partial charge < -0.3 is 20.1 Å². The number of allylic oxidation sites excluding steroid dienone is 1. The van der Waals surface area contributed by atoms with Crippen LogP contribution in [-0.4, -0.2) is 56.7 Å². The minimum absolute atomic E-state index is 0.0665. The van der Waals surface area contributed by atoms with Crippen LogP contribution in [-0.2, 0) is 5.72 Å². The molecule has 9 nitrogen and oxygen atoms in total. The lowest BCUT2D eigenvalue weighted by atomic mass is 9.90. The van der Waals surface area contributed by atoms with Gasteiger partial charge in [0.1, 0.15) is 0 Å². The van der Waals surface area contributed by atoms with Gasteiger partial charge in [-0.3, -0.25) is 9.69 Å². The Morgan fingerprint density at radius 1 is 1.14 bits per heavy atom. The molecule has 4 aromatic rings. The average molecular weight is 602 g/mol. The van der Waals surface area contributed by atoms with E-state index in [4.69, 9.17) is 11.6 Å². The molecule has 7 rings (SSSR count). The minimum atomic E-state index is -2.08. The molecule has 2 unspecified atom stereocenters. The van der Waals surface area contributed by atoms with Crippen LogP contribution in [0.5, 0.6) is 0 Å². The molecule has 11 heteroatoms. The van der Waals surface area contributed by atoms with Gasteiger partial charge in [-0.2, -0.15) is 0 Å². The number of rotatable bonds is 5. The molecule has 0 bridgehead atoms. The van der Waals surface area contributed by atoms with E-state index in [9.17, 15) is 19.8 Å². The van der Waals surface area contributed by atoms with Crippen LogP contribution in [0.15, 0.2) is 72.4 Å². The van der Waals surface area contributed by atoms with Crippen LogP contribution in [0.4, 0.5) is 20.8 Å². The van der Waals surface area contributed by atoms with Crippen molar-refractivity contribution in [2.24, 2.45) is 5.92 Å². The molecule has 1 fully saturated rings. The van der Waals surface area contributed by atoms with Gasteiger partial charge in [-0.05, 0) is 56.0 Å². The van der Waals surface area contributed by atoms with E-state index in [0.29, 0.717) is 11.0 Å². The zero-order chi connectivity index (χ0) is 29.9. The Morgan fingerprint density at radius 3 is 2.79 bits per heavy atom. The van der Waals surface area contributed by atoms with E-state index >= 15 is 4.39 Å². The summed E-state index contributed by atoms with van der Waals surface area (Å²) in [5.74, 6) is -1.18. The van der Waals surface area contributed by atoms with E-state index in [-0.39, 0.29) is 45.8 Å². The number of carbonyl (C=O) groups is 2. The van der Waals surface area contributed by atoms with E-state index in [2.05, 4.69) is 20.9 Å². The molecule has 2 amide bonds. The van der Waals surface area contributed by atoms with Crippen LogP contribution < -0.4 is 9.80 Å².